The molecule has 0 aliphatic heterocycles. The van der Waals surface area contributed by atoms with Gasteiger partial charge in [-0.1, -0.05) is 25.4 Å². The van der Waals surface area contributed by atoms with Crippen molar-refractivity contribution >= 4 is 11.6 Å². The van der Waals surface area contributed by atoms with E-state index in [0.29, 0.717) is 17.5 Å². The van der Waals surface area contributed by atoms with Gasteiger partial charge < -0.3 is 0 Å². The Morgan fingerprint density at radius 3 is 2.61 bits per heavy atom. The molecular formula is C13H21ClN4. The Kier molecular flexibility index (Phi) is 5.64. The van der Waals surface area contributed by atoms with E-state index in [1.807, 2.05) is 14.0 Å². The summed E-state index contributed by atoms with van der Waals surface area (Å²) in [7, 11) is 1.85. The second-order valence-corrected chi connectivity index (χ2v) is 5.37. The van der Waals surface area contributed by atoms with Crippen LogP contribution in [-0.4, -0.2) is 27.8 Å². The lowest BCUT2D eigenvalue weighted by molar-refractivity contribution is 0.241. The minimum absolute atomic E-state index is 0.545. The van der Waals surface area contributed by atoms with E-state index in [2.05, 4.69) is 29.9 Å². The lowest BCUT2D eigenvalue weighted by atomic mass is 10.1. The molecule has 1 aromatic rings. The molecule has 1 heterocycles. The summed E-state index contributed by atoms with van der Waals surface area (Å²) in [6.45, 7) is 8.83. The average Bonchev–Trinajstić information content (AvgIpc) is 2.52. The number of aromatic nitrogens is 2. The topological polar surface area (TPSA) is 44.9 Å². The molecule has 0 spiro atoms. The molecule has 0 unspecified atom stereocenters. The summed E-state index contributed by atoms with van der Waals surface area (Å²) in [4.78, 5) is 2.27. The van der Waals surface area contributed by atoms with E-state index in [1.54, 1.807) is 4.68 Å². The SMILES string of the molecule is Cc1nn(C)c(Cl)c1CN(CCC#N)CC(C)C. The highest BCUT2D eigenvalue weighted by Gasteiger charge is 2.15. The Morgan fingerprint density at radius 1 is 1.50 bits per heavy atom. The monoisotopic (exact) mass is 268 g/mol. The number of aryl methyl sites for hydroxylation is 2. The highest BCUT2D eigenvalue weighted by Crippen LogP contribution is 2.21. The van der Waals surface area contributed by atoms with Gasteiger partial charge in [0.2, 0.25) is 0 Å². The summed E-state index contributed by atoms with van der Waals surface area (Å²) in [6.07, 6.45) is 0.545. The minimum Gasteiger partial charge on any atom is -0.298 e. The van der Waals surface area contributed by atoms with E-state index in [0.717, 1.165) is 30.9 Å². The van der Waals surface area contributed by atoms with Crippen molar-refractivity contribution < 1.29 is 0 Å². The van der Waals surface area contributed by atoms with Crippen LogP contribution in [0, 0.1) is 24.2 Å². The van der Waals surface area contributed by atoms with E-state index in [9.17, 15) is 0 Å². The first kappa shape index (κ1) is 15.0. The van der Waals surface area contributed by atoms with Crippen LogP contribution < -0.4 is 0 Å². The maximum atomic E-state index is 8.71. The smallest absolute Gasteiger partial charge is 0.131 e. The van der Waals surface area contributed by atoms with Gasteiger partial charge in [0.1, 0.15) is 5.15 Å². The second-order valence-electron chi connectivity index (χ2n) is 5.02. The van der Waals surface area contributed by atoms with Gasteiger partial charge in [-0.2, -0.15) is 10.4 Å². The van der Waals surface area contributed by atoms with E-state index < -0.39 is 0 Å². The van der Waals surface area contributed by atoms with Gasteiger partial charge in [0.25, 0.3) is 0 Å². The molecule has 0 bridgehead atoms. The molecule has 100 valence electrons. The molecule has 4 nitrogen and oxygen atoms in total. The zero-order valence-corrected chi connectivity index (χ0v) is 12.3. The fourth-order valence-corrected chi connectivity index (χ4v) is 2.27. The van der Waals surface area contributed by atoms with Gasteiger partial charge in [-0.25, -0.2) is 0 Å². The number of hydrogen-bond donors (Lipinski definition) is 0. The van der Waals surface area contributed by atoms with Crippen molar-refractivity contribution in [3.63, 3.8) is 0 Å². The van der Waals surface area contributed by atoms with Crippen LogP contribution in [0.25, 0.3) is 0 Å². The van der Waals surface area contributed by atoms with E-state index in [4.69, 9.17) is 16.9 Å². The van der Waals surface area contributed by atoms with Crippen LogP contribution in [0.4, 0.5) is 0 Å². The zero-order chi connectivity index (χ0) is 13.7. The molecule has 0 aliphatic carbocycles. The molecule has 0 saturated carbocycles. The van der Waals surface area contributed by atoms with E-state index >= 15 is 0 Å². The average molecular weight is 269 g/mol. The first-order valence-corrected chi connectivity index (χ1v) is 6.60. The molecule has 0 saturated heterocycles. The van der Waals surface area contributed by atoms with Gasteiger partial charge in [-0.15, -0.1) is 0 Å². The van der Waals surface area contributed by atoms with Crippen molar-refractivity contribution in [2.75, 3.05) is 13.1 Å². The van der Waals surface area contributed by atoms with Crippen molar-refractivity contribution in [2.24, 2.45) is 13.0 Å². The summed E-state index contributed by atoms with van der Waals surface area (Å²) in [5.41, 5.74) is 2.03. The van der Waals surface area contributed by atoms with Gasteiger partial charge >= 0.3 is 0 Å². The number of hydrogen-bond acceptors (Lipinski definition) is 3. The van der Waals surface area contributed by atoms with Crippen LogP contribution in [0.15, 0.2) is 0 Å². The largest absolute Gasteiger partial charge is 0.298 e. The lowest BCUT2D eigenvalue weighted by Gasteiger charge is -2.23. The number of nitrogens with zero attached hydrogens (tertiary/aromatic N) is 4. The number of rotatable bonds is 6. The van der Waals surface area contributed by atoms with Gasteiger partial charge in [-0.3, -0.25) is 9.58 Å². The Morgan fingerprint density at radius 2 is 2.17 bits per heavy atom. The summed E-state index contributed by atoms with van der Waals surface area (Å²) in [6, 6.07) is 2.20. The third-order valence-corrected chi connectivity index (χ3v) is 3.29. The van der Waals surface area contributed by atoms with Crippen LogP contribution >= 0.6 is 11.6 Å². The fourth-order valence-electron chi connectivity index (χ4n) is 2.04. The van der Waals surface area contributed by atoms with Gasteiger partial charge in [0, 0.05) is 38.7 Å². The standard InChI is InChI=1S/C13H21ClN4/c1-10(2)8-18(7-5-6-15)9-12-11(3)16-17(4)13(12)14/h10H,5,7-9H2,1-4H3. The van der Waals surface area contributed by atoms with Crippen LogP contribution in [-0.2, 0) is 13.6 Å². The van der Waals surface area contributed by atoms with Crippen LogP contribution in [0.2, 0.25) is 5.15 Å². The summed E-state index contributed by atoms with van der Waals surface area (Å²) < 4.78 is 1.70. The molecule has 18 heavy (non-hydrogen) atoms. The second kappa shape index (κ2) is 6.77. The van der Waals surface area contributed by atoms with Gasteiger partial charge in [0.05, 0.1) is 11.8 Å². The van der Waals surface area contributed by atoms with Gasteiger partial charge in [-0.05, 0) is 12.8 Å². The van der Waals surface area contributed by atoms with Crippen molar-refractivity contribution in [2.45, 2.75) is 33.7 Å². The Labute approximate surface area is 114 Å². The third kappa shape index (κ3) is 4.01. The van der Waals surface area contributed by atoms with E-state index in [1.165, 1.54) is 0 Å². The van der Waals surface area contributed by atoms with Gasteiger partial charge in [0.15, 0.2) is 0 Å². The number of nitriles is 1. The van der Waals surface area contributed by atoms with Crippen LogP contribution in [0.5, 0.6) is 0 Å². The normalized spacial score (nSPS) is 11.2. The fraction of sp³-hybridized carbons (Fsp3) is 0.692. The predicted molar refractivity (Wildman–Crippen MR) is 73.3 cm³/mol. The summed E-state index contributed by atoms with van der Waals surface area (Å²) in [5, 5.41) is 13.7. The van der Waals surface area contributed by atoms with Crippen molar-refractivity contribution in [3.8, 4) is 6.07 Å². The molecule has 0 aliphatic rings. The first-order valence-electron chi connectivity index (χ1n) is 6.23. The maximum absolute atomic E-state index is 8.71. The molecule has 5 heteroatoms. The minimum atomic E-state index is 0.545. The quantitative estimate of drug-likeness (QED) is 0.797. The molecule has 0 fully saturated rings. The maximum Gasteiger partial charge on any atom is 0.131 e. The van der Waals surface area contributed by atoms with Crippen molar-refractivity contribution in [3.05, 3.63) is 16.4 Å². The third-order valence-electron chi connectivity index (χ3n) is 2.81. The Hall–Kier alpha value is -1.05. The van der Waals surface area contributed by atoms with Crippen LogP contribution in [0.1, 0.15) is 31.5 Å². The number of halogens is 1. The summed E-state index contributed by atoms with van der Waals surface area (Å²) >= 11 is 6.24. The van der Waals surface area contributed by atoms with Crippen LogP contribution in [0.3, 0.4) is 0 Å². The molecule has 0 aromatic carbocycles. The molecule has 0 atom stereocenters. The lowest BCUT2D eigenvalue weighted by Crippen LogP contribution is -2.28. The molecule has 1 rings (SSSR count). The Bertz CT molecular complexity index is 431. The highest BCUT2D eigenvalue weighted by atomic mass is 35.5. The Balaban J connectivity index is 2.78. The summed E-state index contributed by atoms with van der Waals surface area (Å²) in [5.74, 6) is 0.569. The van der Waals surface area contributed by atoms with E-state index in [-0.39, 0.29) is 0 Å². The predicted octanol–water partition coefficient (Wildman–Crippen LogP) is 2.75. The molecule has 0 N–H and O–H groups in total. The van der Waals surface area contributed by atoms with Crippen molar-refractivity contribution in [1.82, 2.24) is 14.7 Å². The molecule has 0 amide bonds. The zero-order valence-electron chi connectivity index (χ0n) is 11.6. The molecule has 0 radical (unpaired) electrons. The first-order chi connectivity index (χ1) is 8.45. The molecule has 1 aromatic heterocycles. The molecular weight excluding hydrogens is 248 g/mol. The van der Waals surface area contributed by atoms with Crippen molar-refractivity contribution in [1.29, 1.82) is 5.26 Å². The highest BCUT2D eigenvalue weighted by molar-refractivity contribution is 6.30.